The number of esters is 1. The lowest BCUT2D eigenvalue weighted by atomic mass is 10.0. The van der Waals surface area contributed by atoms with Gasteiger partial charge < -0.3 is 10.1 Å². The molecule has 1 heterocycles. The molecule has 16 heavy (non-hydrogen) atoms. The molecule has 3 nitrogen and oxygen atoms in total. The molecule has 0 saturated carbocycles. The molecule has 0 amide bonds. The summed E-state index contributed by atoms with van der Waals surface area (Å²) in [5.41, 5.74) is 0. The number of unbranched alkanes of at least 4 members (excludes halogenated alkanes) is 1. The molecule has 4 heteroatoms. The normalized spacial score (nSPS) is 17.3. The van der Waals surface area contributed by atoms with Crippen molar-refractivity contribution in [2.45, 2.75) is 32.6 Å². The molecule has 0 radical (unpaired) electrons. The van der Waals surface area contributed by atoms with E-state index in [-0.39, 0.29) is 5.97 Å². The van der Waals surface area contributed by atoms with Crippen LogP contribution in [0.2, 0.25) is 0 Å². The predicted molar refractivity (Wildman–Crippen MR) is 68.8 cm³/mol. The fourth-order valence-corrected chi connectivity index (χ4v) is 2.91. The van der Waals surface area contributed by atoms with Gasteiger partial charge in [-0.3, -0.25) is 4.79 Å². The second kappa shape index (κ2) is 8.88. The minimum absolute atomic E-state index is 0.112. The third kappa shape index (κ3) is 6.38. The first-order valence-electron chi connectivity index (χ1n) is 6.27. The smallest absolute Gasteiger partial charge is 0.319 e. The highest BCUT2D eigenvalue weighted by Gasteiger charge is 2.13. The van der Waals surface area contributed by atoms with E-state index in [0.717, 1.165) is 25.3 Å². The maximum absolute atomic E-state index is 11.3. The van der Waals surface area contributed by atoms with E-state index in [2.05, 4.69) is 12.2 Å². The number of hydrogen-bond acceptors (Lipinski definition) is 4. The van der Waals surface area contributed by atoms with E-state index in [1.54, 1.807) is 0 Å². The number of carbonyl (C=O) groups excluding carboxylic acids is 1. The lowest BCUT2D eigenvalue weighted by Crippen LogP contribution is -2.31. The lowest BCUT2D eigenvalue weighted by molar-refractivity contribution is -0.142. The molecule has 0 bridgehead atoms. The van der Waals surface area contributed by atoms with E-state index in [0.29, 0.717) is 13.2 Å². The van der Waals surface area contributed by atoms with Gasteiger partial charge in [-0.05, 0) is 43.2 Å². The Bertz CT molecular complexity index is 193. The molecule has 0 aromatic rings. The lowest BCUT2D eigenvalue weighted by Gasteiger charge is -2.21. The second-order valence-corrected chi connectivity index (χ2v) is 5.49. The molecule has 0 spiro atoms. The van der Waals surface area contributed by atoms with E-state index in [9.17, 15) is 4.79 Å². The van der Waals surface area contributed by atoms with Gasteiger partial charge in [0.1, 0.15) is 0 Å². The van der Waals surface area contributed by atoms with E-state index >= 15 is 0 Å². The van der Waals surface area contributed by atoms with Gasteiger partial charge in [-0.1, -0.05) is 13.3 Å². The Balaban J connectivity index is 1.94. The molecule has 1 saturated heterocycles. The van der Waals surface area contributed by atoms with Crippen LogP contribution in [0.5, 0.6) is 0 Å². The van der Waals surface area contributed by atoms with Crippen LogP contribution < -0.4 is 5.32 Å². The Labute approximate surface area is 103 Å². The minimum atomic E-state index is -0.112. The van der Waals surface area contributed by atoms with E-state index in [1.165, 1.54) is 24.3 Å². The van der Waals surface area contributed by atoms with Crippen LogP contribution in [-0.2, 0) is 9.53 Å². The first-order chi connectivity index (χ1) is 7.83. The summed E-state index contributed by atoms with van der Waals surface area (Å²) in [6, 6.07) is 0. The number of nitrogens with one attached hydrogen (secondary N) is 1. The Morgan fingerprint density at radius 2 is 2.19 bits per heavy atom. The van der Waals surface area contributed by atoms with Crippen molar-refractivity contribution in [2.75, 3.05) is 31.2 Å². The standard InChI is InChI=1S/C12H23NO2S/c1-2-3-6-15-12(14)10-13-9-11-4-7-16-8-5-11/h11,13H,2-10H2,1H3. The fourth-order valence-electron chi connectivity index (χ4n) is 1.71. The highest BCUT2D eigenvalue weighted by Crippen LogP contribution is 2.21. The summed E-state index contributed by atoms with van der Waals surface area (Å²) in [6.45, 7) is 3.99. The van der Waals surface area contributed by atoms with E-state index < -0.39 is 0 Å². The largest absolute Gasteiger partial charge is 0.465 e. The topological polar surface area (TPSA) is 38.3 Å². The number of thioether (sulfide) groups is 1. The molecule has 94 valence electrons. The first kappa shape index (κ1) is 13.8. The molecule has 0 aromatic carbocycles. The van der Waals surface area contributed by atoms with Crippen molar-refractivity contribution >= 4 is 17.7 Å². The van der Waals surface area contributed by atoms with Gasteiger partial charge in [-0.25, -0.2) is 0 Å². The summed E-state index contributed by atoms with van der Waals surface area (Å²) in [5.74, 6) is 3.18. The third-order valence-corrected chi connectivity index (χ3v) is 3.85. The molecule has 1 rings (SSSR count). The molecule has 1 aliphatic rings. The molecular weight excluding hydrogens is 222 g/mol. The summed E-state index contributed by atoms with van der Waals surface area (Å²) in [7, 11) is 0. The number of carbonyl (C=O) groups is 1. The Hall–Kier alpha value is -0.220. The van der Waals surface area contributed by atoms with Crippen LogP contribution in [0.1, 0.15) is 32.6 Å². The Kier molecular flexibility index (Phi) is 7.68. The van der Waals surface area contributed by atoms with Crippen LogP contribution in [0, 0.1) is 5.92 Å². The van der Waals surface area contributed by atoms with E-state index in [1.807, 2.05) is 11.8 Å². The molecule has 0 unspecified atom stereocenters. The number of rotatable bonds is 7. The molecule has 0 aliphatic carbocycles. The first-order valence-corrected chi connectivity index (χ1v) is 7.42. The van der Waals surface area contributed by atoms with Gasteiger partial charge in [0, 0.05) is 0 Å². The van der Waals surface area contributed by atoms with Crippen LogP contribution in [0.25, 0.3) is 0 Å². The average molecular weight is 245 g/mol. The van der Waals surface area contributed by atoms with Crippen molar-refractivity contribution in [3.63, 3.8) is 0 Å². The minimum Gasteiger partial charge on any atom is -0.465 e. The Morgan fingerprint density at radius 3 is 2.88 bits per heavy atom. The van der Waals surface area contributed by atoms with Crippen molar-refractivity contribution < 1.29 is 9.53 Å². The maximum Gasteiger partial charge on any atom is 0.319 e. The molecule has 1 N–H and O–H groups in total. The van der Waals surface area contributed by atoms with Gasteiger partial charge >= 0.3 is 5.97 Å². The molecular formula is C12H23NO2S. The monoisotopic (exact) mass is 245 g/mol. The zero-order valence-electron chi connectivity index (χ0n) is 10.2. The van der Waals surface area contributed by atoms with Gasteiger partial charge in [0.15, 0.2) is 0 Å². The highest BCUT2D eigenvalue weighted by atomic mass is 32.2. The van der Waals surface area contributed by atoms with E-state index in [4.69, 9.17) is 4.74 Å². The van der Waals surface area contributed by atoms with Crippen molar-refractivity contribution in [3.8, 4) is 0 Å². The van der Waals surface area contributed by atoms with Gasteiger partial charge in [0.25, 0.3) is 0 Å². The zero-order chi connectivity index (χ0) is 11.6. The van der Waals surface area contributed by atoms with Gasteiger partial charge in [-0.15, -0.1) is 0 Å². The van der Waals surface area contributed by atoms with Crippen LogP contribution in [0.3, 0.4) is 0 Å². The summed E-state index contributed by atoms with van der Waals surface area (Å²) in [4.78, 5) is 11.3. The van der Waals surface area contributed by atoms with Crippen LogP contribution in [0.15, 0.2) is 0 Å². The molecule has 0 aromatic heterocycles. The van der Waals surface area contributed by atoms with Crippen LogP contribution >= 0.6 is 11.8 Å². The maximum atomic E-state index is 11.3. The number of ether oxygens (including phenoxy) is 1. The average Bonchev–Trinajstić information content (AvgIpc) is 2.31. The summed E-state index contributed by atoms with van der Waals surface area (Å²) < 4.78 is 5.07. The quantitative estimate of drug-likeness (QED) is 0.550. The Morgan fingerprint density at radius 1 is 1.44 bits per heavy atom. The van der Waals surface area contributed by atoms with Crippen molar-refractivity contribution in [2.24, 2.45) is 5.92 Å². The number of hydrogen-bond donors (Lipinski definition) is 1. The molecule has 1 fully saturated rings. The summed E-state index contributed by atoms with van der Waals surface area (Å²) in [6.07, 6.45) is 4.59. The molecule has 1 aliphatic heterocycles. The van der Waals surface area contributed by atoms with Gasteiger partial charge in [0.2, 0.25) is 0 Å². The van der Waals surface area contributed by atoms with Gasteiger partial charge in [0.05, 0.1) is 13.2 Å². The summed E-state index contributed by atoms with van der Waals surface area (Å²) in [5, 5.41) is 3.20. The van der Waals surface area contributed by atoms with Crippen molar-refractivity contribution in [1.29, 1.82) is 0 Å². The fraction of sp³-hybridized carbons (Fsp3) is 0.917. The molecule has 0 atom stereocenters. The second-order valence-electron chi connectivity index (χ2n) is 4.26. The van der Waals surface area contributed by atoms with Gasteiger partial charge in [-0.2, -0.15) is 11.8 Å². The van der Waals surface area contributed by atoms with Crippen LogP contribution in [0.4, 0.5) is 0 Å². The van der Waals surface area contributed by atoms with Crippen molar-refractivity contribution in [3.05, 3.63) is 0 Å². The third-order valence-electron chi connectivity index (χ3n) is 2.80. The predicted octanol–water partition coefficient (Wildman–Crippen LogP) is 2.06. The highest BCUT2D eigenvalue weighted by molar-refractivity contribution is 7.99. The van der Waals surface area contributed by atoms with Crippen molar-refractivity contribution in [1.82, 2.24) is 5.32 Å². The zero-order valence-corrected chi connectivity index (χ0v) is 11.0. The van der Waals surface area contributed by atoms with Crippen LogP contribution in [-0.4, -0.2) is 37.2 Å². The SMILES string of the molecule is CCCCOC(=O)CNCC1CCSCC1. The summed E-state index contributed by atoms with van der Waals surface area (Å²) >= 11 is 2.03.